The smallest absolute Gasteiger partial charge is 0.182 e. The van der Waals surface area contributed by atoms with Gasteiger partial charge in [0, 0.05) is 93.7 Å². The molecule has 16 heteroatoms. The van der Waals surface area contributed by atoms with Gasteiger partial charge in [-0.1, -0.05) is 0 Å². The van der Waals surface area contributed by atoms with Crippen molar-refractivity contribution in [1.29, 1.82) is 0 Å². The van der Waals surface area contributed by atoms with Crippen LogP contribution in [0.4, 0.5) is 5.13 Å². The van der Waals surface area contributed by atoms with Crippen molar-refractivity contribution in [3.05, 3.63) is 72.9 Å². The van der Waals surface area contributed by atoms with Gasteiger partial charge in [-0.3, -0.25) is 0 Å². The second-order valence-electron chi connectivity index (χ2n) is 17.8. The van der Waals surface area contributed by atoms with E-state index in [1.54, 1.807) is 0 Å². The van der Waals surface area contributed by atoms with Gasteiger partial charge in [0.1, 0.15) is 0 Å². The molecule has 5 aliphatic rings. The van der Waals surface area contributed by atoms with Crippen LogP contribution in [-0.2, 0) is 32.1 Å². The quantitative estimate of drug-likeness (QED) is 0.0834. The number of fused-ring (bicyclic) bond motifs is 5. The van der Waals surface area contributed by atoms with Crippen LogP contribution in [0.1, 0.15) is 167 Å². The molecule has 0 aromatic carbocycles. The Hall–Kier alpha value is -2.25. The molecule has 0 saturated carbocycles. The Balaban J connectivity index is 0.000000133. The second-order valence-corrected chi connectivity index (χ2v) is 23.9. The third kappa shape index (κ3) is 13.7. The second kappa shape index (κ2) is 25.8. The zero-order valence-electron chi connectivity index (χ0n) is 40.0. The first-order chi connectivity index (χ1) is 31.1. The molecular formula is C48H77N11S5. The van der Waals surface area contributed by atoms with Crippen molar-refractivity contribution in [1.82, 2.24) is 40.9 Å². The Kier molecular flexibility index (Phi) is 20.6. The van der Waals surface area contributed by atoms with Gasteiger partial charge in [0.2, 0.25) is 0 Å². The molecule has 0 saturated heterocycles. The minimum Gasteiger partial charge on any atom is -0.365 e. The molecule has 354 valence electrons. The molecule has 5 aromatic heterocycles. The Bertz CT molecular complexity index is 2030. The highest BCUT2D eigenvalue weighted by Gasteiger charge is 2.27. The number of nitrogens with two attached hydrogens (primary N) is 2. The van der Waals surface area contributed by atoms with E-state index < -0.39 is 0 Å². The molecule has 5 aromatic rings. The van der Waals surface area contributed by atoms with E-state index in [4.69, 9.17) is 11.5 Å². The third-order valence-corrected chi connectivity index (χ3v) is 18.6. The summed E-state index contributed by atoms with van der Waals surface area (Å²) in [6, 6.07) is 0. The molecule has 0 aliphatic heterocycles. The standard InChI is InChI=1S/C10H17N3S.2C10H16N2S.2C9H14N2S/c1-11-6-7-4-3-5-8-9(7)14-10(12-2)13-8;1-7-12-10-8(6-11-2)4-3-5-9(10)13-7;1-7-12-9-5-3-4-8(6-11-2)10(9)13-7;1-6-11-9-7(5-10)3-2-4-8(9)12-6;1-6-11-8-4-2-3-7(5-10)9(8)12-6/h7,11H,3-6H2,1-2H3,(H,12,13);2*8,11H,3-6H2,1-2H3;2*7H,2-5,10H2,1H3. The summed E-state index contributed by atoms with van der Waals surface area (Å²) in [5, 5.41) is 18.8. The van der Waals surface area contributed by atoms with Crippen LogP contribution in [0.2, 0.25) is 0 Å². The fraction of sp³-hybridized carbons (Fsp3) is 0.688. The first kappa shape index (κ1) is 51.1. The summed E-state index contributed by atoms with van der Waals surface area (Å²) in [7, 11) is 8.02. The lowest BCUT2D eigenvalue weighted by Gasteiger charge is -2.20. The maximum atomic E-state index is 5.71. The molecule has 64 heavy (non-hydrogen) atoms. The zero-order valence-corrected chi connectivity index (χ0v) is 44.0. The summed E-state index contributed by atoms with van der Waals surface area (Å²) >= 11 is 9.26. The topological polar surface area (TPSA) is 165 Å². The maximum absolute atomic E-state index is 5.71. The number of hydrogen-bond acceptors (Lipinski definition) is 16. The molecule has 10 rings (SSSR count). The maximum Gasteiger partial charge on any atom is 0.182 e. The van der Waals surface area contributed by atoms with Gasteiger partial charge in [-0.2, -0.15) is 0 Å². The number of aryl methyl sites for hydroxylation is 9. The largest absolute Gasteiger partial charge is 0.365 e. The normalized spacial score (nSPS) is 21.6. The first-order valence-corrected chi connectivity index (χ1v) is 28.0. The predicted molar refractivity (Wildman–Crippen MR) is 277 cm³/mol. The van der Waals surface area contributed by atoms with Crippen molar-refractivity contribution in [3.63, 3.8) is 0 Å². The van der Waals surface area contributed by atoms with Gasteiger partial charge in [-0.25, -0.2) is 24.9 Å². The Morgan fingerprint density at radius 1 is 0.438 bits per heavy atom. The van der Waals surface area contributed by atoms with Crippen molar-refractivity contribution < 1.29 is 0 Å². The number of nitrogens with zero attached hydrogens (tertiary/aromatic N) is 5. The molecular weight excluding hydrogens is 891 g/mol. The molecule has 0 amide bonds. The first-order valence-electron chi connectivity index (χ1n) is 23.9. The van der Waals surface area contributed by atoms with Crippen molar-refractivity contribution in [2.75, 3.05) is 66.2 Å². The van der Waals surface area contributed by atoms with Gasteiger partial charge in [0.05, 0.1) is 48.5 Å². The molecule has 5 heterocycles. The molecule has 11 nitrogen and oxygen atoms in total. The van der Waals surface area contributed by atoms with Gasteiger partial charge in [-0.05, 0) is 145 Å². The highest BCUT2D eigenvalue weighted by molar-refractivity contribution is 7.15. The molecule has 0 bridgehead atoms. The van der Waals surface area contributed by atoms with Gasteiger partial charge in [0.15, 0.2) is 5.13 Å². The third-order valence-electron chi connectivity index (χ3n) is 12.9. The van der Waals surface area contributed by atoms with Crippen molar-refractivity contribution in [2.24, 2.45) is 11.5 Å². The van der Waals surface area contributed by atoms with E-state index in [-0.39, 0.29) is 0 Å². The van der Waals surface area contributed by atoms with Crippen LogP contribution in [0.5, 0.6) is 0 Å². The minimum absolute atomic E-state index is 0.540. The minimum atomic E-state index is 0.540. The summed E-state index contributed by atoms with van der Waals surface area (Å²) < 4.78 is 0. The molecule has 5 atom stereocenters. The van der Waals surface area contributed by atoms with Crippen molar-refractivity contribution in [2.45, 2.75) is 154 Å². The lowest BCUT2D eigenvalue weighted by molar-refractivity contribution is 0.522. The Labute approximate surface area is 404 Å². The number of anilines is 1. The number of aromatic nitrogens is 5. The summed E-state index contributed by atoms with van der Waals surface area (Å²) in [6.07, 6.45) is 18.9. The van der Waals surface area contributed by atoms with Crippen molar-refractivity contribution in [3.8, 4) is 0 Å². The van der Waals surface area contributed by atoms with E-state index in [1.807, 2.05) is 84.9 Å². The molecule has 8 N–H and O–H groups in total. The zero-order chi connectivity index (χ0) is 45.6. The summed E-state index contributed by atoms with van der Waals surface area (Å²) in [5.41, 5.74) is 18.1. The van der Waals surface area contributed by atoms with Gasteiger partial charge in [0.25, 0.3) is 0 Å². The molecule has 0 radical (unpaired) electrons. The van der Waals surface area contributed by atoms with Gasteiger partial charge >= 0.3 is 0 Å². The van der Waals surface area contributed by atoms with E-state index in [0.717, 1.165) is 56.6 Å². The fourth-order valence-electron chi connectivity index (χ4n) is 9.92. The van der Waals surface area contributed by atoms with Crippen LogP contribution >= 0.6 is 56.7 Å². The van der Waals surface area contributed by atoms with E-state index >= 15 is 0 Å². The van der Waals surface area contributed by atoms with E-state index in [1.165, 1.54) is 156 Å². The predicted octanol–water partition coefficient (Wildman–Crippen LogP) is 9.67. The summed E-state index contributed by atoms with van der Waals surface area (Å²) in [6.45, 7) is 13.2. The fourth-order valence-corrected chi connectivity index (χ4v) is 15.4. The Morgan fingerprint density at radius 3 is 1.30 bits per heavy atom. The monoisotopic (exact) mass is 967 g/mol. The van der Waals surface area contributed by atoms with E-state index in [0.29, 0.717) is 23.7 Å². The van der Waals surface area contributed by atoms with Crippen molar-refractivity contribution >= 4 is 61.8 Å². The lowest BCUT2D eigenvalue weighted by atomic mass is 9.91. The van der Waals surface area contributed by atoms with Gasteiger partial charge < -0.3 is 32.7 Å². The molecule has 5 unspecified atom stereocenters. The lowest BCUT2D eigenvalue weighted by Crippen LogP contribution is -2.20. The SMILES string of the molecule is CNCC1CCCc2nc(C)sc21.CNCC1CCCc2nc(NC)sc21.CNCC1CCCc2sc(C)nc21.Cc1nc2c(s1)C(CN)CCC2.Cc1nc2c(s1)CCCC2CN. The number of hydrogen-bond donors (Lipinski definition) is 6. The van der Waals surface area contributed by atoms with E-state index in [9.17, 15) is 0 Å². The van der Waals surface area contributed by atoms with Crippen LogP contribution in [-0.4, -0.2) is 85.8 Å². The average Bonchev–Trinajstić information content (AvgIpc) is 4.14. The molecule has 0 fully saturated rings. The van der Waals surface area contributed by atoms with Gasteiger partial charge in [-0.15, -0.1) is 56.7 Å². The number of likely N-dealkylation sites (N-methyl/N-ethyl adjacent to an activating group) is 3. The number of nitrogens with one attached hydrogen (secondary N) is 4. The molecule has 0 spiro atoms. The van der Waals surface area contributed by atoms with Crippen LogP contribution < -0.4 is 32.7 Å². The Morgan fingerprint density at radius 2 is 0.812 bits per heavy atom. The van der Waals surface area contributed by atoms with Crippen LogP contribution in [0, 0.1) is 27.7 Å². The highest BCUT2D eigenvalue weighted by Crippen LogP contribution is 2.39. The number of rotatable bonds is 9. The summed E-state index contributed by atoms with van der Waals surface area (Å²) in [4.78, 5) is 30.3. The van der Waals surface area contributed by atoms with Crippen LogP contribution in [0.3, 0.4) is 0 Å². The molecule has 5 aliphatic carbocycles. The van der Waals surface area contributed by atoms with Crippen LogP contribution in [0.15, 0.2) is 0 Å². The van der Waals surface area contributed by atoms with Crippen LogP contribution in [0.25, 0.3) is 0 Å². The average molecular weight is 969 g/mol. The number of thiazole rings is 5. The highest BCUT2D eigenvalue weighted by atomic mass is 32.1. The summed E-state index contributed by atoms with van der Waals surface area (Å²) in [5.74, 6) is 3.21. The van der Waals surface area contributed by atoms with E-state index in [2.05, 4.69) is 73.9 Å².